The summed E-state index contributed by atoms with van der Waals surface area (Å²) in [7, 11) is 1.38. The average Bonchev–Trinajstić information content (AvgIpc) is 2.66. The fourth-order valence-corrected chi connectivity index (χ4v) is 1.19. The maximum absolute atomic E-state index is 10.8. The number of ether oxygens (including phenoxy) is 1. The van der Waals surface area contributed by atoms with Crippen molar-refractivity contribution in [3.8, 4) is 0 Å². The van der Waals surface area contributed by atoms with Gasteiger partial charge in [-0.05, 0) is 6.42 Å². The number of hydrogen-bond donors (Lipinski definition) is 0. The lowest BCUT2D eigenvalue weighted by Crippen LogP contribution is -1.96. The highest BCUT2D eigenvalue weighted by atomic mass is 16.5. The number of carbonyl (C=O) groups is 1. The molecule has 4 nitrogen and oxygen atoms in total. The first-order chi connectivity index (χ1) is 7.26. The molecule has 0 fully saturated rings. The predicted molar refractivity (Wildman–Crippen MR) is 58.2 cm³/mol. The number of aryl methyl sites for hydroxylation is 1. The Hall–Kier alpha value is -1.58. The van der Waals surface area contributed by atoms with Crippen molar-refractivity contribution in [1.29, 1.82) is 0 Å². The largest absolute Gasteiger partial charge is 0.469 e. The Morgan fingerprint density at radius 2 is 2.47 bits per heavy atom. The minimum absolute atomic E-state index is 0.229. The molecule has 1 heterocycles. The highest BCUT2D eigenvalue weighted by Gasteiger charge is 1.96. The van der Waals surface area contributed by atoms with Gasteiger partial charge in [-0.15, -0.1) is 0 Å². The molecule has 0 saturated carbocycles. The van der Waals surface area contributed by atoms with Crippen LogP contribution in [-0.4, -0.2) is 22.9 Å². The van der Waals surface area contributed by atoms with Crippen LogP contribution in [0.5, 0.6) is 0 Å². The van der Waals surface area contributed by atoms with Crippen molar-refractivity contribution in [2.75, 3.05) is 7.11 Å². The van der Waals surface area contributed by atoms with E-state index in [1.54, 1.807) is 12.3 Å². The number of hydrogen-bond acceptors (Lipinski definition) is 3. The van der Waals surface area contributed by atoms with Gasteiger partial charge in [0.15, 0.2) is 0 Å². The Morgan fingerprint density at radius 3 is 3.13 bits per heavy atom. The van der Waals surface area contributed by atoms with E-state index in [-0.39, 0.29) is 5.97 Å². The van der Waals surface area contributed by atoms with Crippen LogP contribution in [0.25, 0.3) is 6.08 Å². The summed E-state index contributed by atoms with van der Waals surface area (Å²) in [5.41, 5.74) is 1.01. The van der Waals surface area contributed by atoms with Gasteiger partial charge < -0.3 is 4.74 Å². The van der Waals surface area contributed by atoms with E-state index in [2.05, 4.69) is 16.8 Å². The molecular formula is C11H16N2O2. The number of rotatable bonds is 5. The van der Waals surface area contributed by atoms with E-state index in [0.717, 1.165) is 18.5 Å². The topological polar surface area (TPSA) is 44.1 Å². The molecule has 0 saturated heterocycles. The Bertz CT molecular complexity index is 342. The fourth-order valence-electron chi connectivity index (χ4n) is 1.19. The lowest BCUT2D eigenvalue weighted by molar-refractivity contribution is -0.139. The summed E-state index contributed by atoms with van der Waals surface area (Å²) in [6, 6.07) is 0. The standard InChI is InChI=1S/C11H16N2O2/c1-3-7-13-9-10(8-12-13)5-4-6-11(14)15-2/h4-5,8-9H,3,6-7H2,1-2H3. The molecule has 4 heteroatoms. The molecule has 0 aliphatic rings. The molecule has 15 heavy (non-hydrogen) atoms. The van der Waals surface area contributed by atoms with Gasteiger partial charge in [0.25, 0.3) is 0 Å². The van der Waals surface area contributed by atoms with E-state index >= 15 is 0 Å². The van der Waals surface area contributed by atoms with E-state index in [1.807, 2.05) is 17.0 Å². The van der Waals surface area contributed by atoms with Gasteiger partial charge in [-0.25, -0.2) is 0 Å². The van der Waals surface area contributed by atoms with Gasteiger partial charge in [-0.2, -0.15) is 5.10 Å². The molecule has 0 unspecified atom stereocenters. The summed E-state index contributed by atoms with van der Waals surface area (Å²) in [4.78, 5) is 10.8. The monoisotopic (exact) mass is 208 g/mol. The van der Waals surface area contributed by atoms with Gasteiger partial charge >= 0.3 is 5.97 Å². The summed E-state index contributed by atoms with van der Waals surface area (Å²) >= 11 is 0. The van der Waals surface area contributed by atoms with Gasteiger partial charge in [-0.3, -0.25) is 9.48 Å². The second-order valence-corrected chi connectivity index (χ2v) is 3.22. The van der Waals surface area contributed by atoms with Crippen molar-refractivity contribution in [2.24, 2.45) is 0 Å². The second-order valence-electron chi connectivity index (χ2n) is 3.22. The molecule has 0 aromatic carbocycles. The summed E-state index contributed by atoms with van der Waals surface area (Å²) in [5.74, 6) is -0.229. The third kappa shape index (κ3) is 3.97. The van der Waals surface area contributed by atoms with Gasteiger partial charge in [0.05, 0.1) is 19.7 Å². The van der Waals surface area contributed by atoms with Crippen LogP contribution < -0.4 is 0 Å². The first kappa shape index (κ1) is 11.5. The van der Waals surface area contributed by atoms with E-state index in [0.29, 0.717) is 6.42 Å². The van der Waals surface area contributed by atoms with E-state index in [1.165, 1.54) is 7.11 Å². The van der Waals surface area contributed by atoms with E-state index in [9.17, 15) is 4.79 Å². The Labute approximate surface area is 89.5 Å². The summed E-state index contributed by atoms with van der Waals surface area (Å²) < 4.78 is 6.41. The van der Waals surface area contributed by atoms with Crippen LogP contribution in [0.1, 0.15) is 25.3 Å². The number of carbonyl (C=O) groups excluding carboxylic acids is 1. The predicted octanol–water partition coefficient (Wildman–Crippen LogP) is 1.87. The fraction of sp³-hybridized carbons (Fsp3) is 0.455. The van der Waals surface area contributed by atoms with E-state index < -0.39 is 0 Å². The molecule has 0 atom stereocenters. The molecule has 82 valence electrons. The highest BCUT2D eigenvalue weighted by molar-refractivity contribution is 5.72. The Kier molecular flexibility index (Phi) is 4.60. The van der Waals surface area contributed by atoms with Crippen molar-refractivity contribution in [2.45, 2.75) is 26.3 Å². The number of aromatic nitrogens is 2. The van der Waals surface area contributed by atoms with Gasteiger partial charge in [0.2, 0.25) is 0 Å². The second kappa shape index (κ2) is 6.01. The quantitative estimate of drug-likeness (QED) is 0.694. The van der Waals surface area contributed by atoms with Crippen molar-refractivity contribution in [1.82, 2.24) is 9.78 Å². The zero-order chi connectivity index (χ0) is 11.1. The van der Waals surface area contributed by atoms with Gasteiger partial charge in [-0.1, -0.05) is 19.1 Å². The van der Waals surface area contributed by atoms with Crippen molar-refractivity contribution >= 4 is 12.0 Å². The SMILES string of the molecule is CCCn1cc(C=CCC(=O)OC)cn1. The lowest BCUT2D eigenvalue weighted by Gasteiger charge is -1.94. The van der Waals surface area contributed by atoms with Crippen LogP contribution in [0.15, 0.2) is 18.5 Å². The highest BCUT2D eigenvalue weighted by Crippen LogP contribution is 2.02. The summed E-state index contributed by atoms with van der Waals surface area (Å²) in [6.45, 7) is 3.03. The Morgan fingerprint density at radius 1 is 1.67 bits per heavy atom. The van der Waals surface area contributed by atoms with E-state index in [4.69, 9.17) is 0 Å². The molecule has 0 aliphatic carbocycles. The molecule has 1 aromatic rings. The third-order valence-electron chi connectivity index (χ3n) is 1.93. The molecule has 0 amide bonds. The summed E-state index contributed by atoms with van der Waals surface area (Å²) in [6.07, 6.45) is 8.75. The maximum Gasteiger partial charge on any atom is 0.309 e. The lowest BCUT2D eigenvalue weighted by atomic mass is 10.3. The number of nitrogens with zero attached hydrogens (tertiary/aromatic N) is 2. The molecule has 0 aliphatic heterocycles. The average molecular weight is 208 g/mol. The van der Waals surface area contributed by atoms with Crippen molar-refractivity contribution in [3.05, 3.63) is 24.0 Å². The molecule has 0 N–H and O–H groups in total. The Balaban J connectivity index is 2.46. The zero-order valence-corrected chi connectivity index (χ0v) is 9.14. The van der Waals surface area contributed by atoms with Crippen molar-refractivity contribution in [3.63, 3.8) is 0 Å². The van der Waals surface area contributed by atoms with Crippen LogP contribution in [0.4, 0.5) is 0 Å². The molecule has 0 spiro atoms. The van der Waals surface area contributed by atoms with Crippen LogP contribution >= 0.6 is 0 Å². The van der Waals surface area contributed by atoms with Gasteiger partial charge in [0, 0.05) is 18.3 Å². The van der Waals surface area contributed by atoms with Crippen LogP contribution in [0.2, 0.25) is 0 Å². The normalized spacial score (nSPS) is 10.8. The molecule has 1 aromatic heterocycles. The molecular weight excluding hydrogens is 192 g/mol. The molecule has 0 bridgehead atoms. The van der Waals surface area contributed by atoms with Crippen molar-refractivity contribution < 1.29 is 9.53 Å². The third-order valence-corrected chi connectivity index (χ3v) is 1.93. The maximum atomic E-state index is 10.8. The number of esters is 1. The minimum Gasteiger partial charge on any atom is -0.469 e. The van der Waals surface area contributed by atoms with Crippen LogP contribution in [0.3, 0.4) is 0 Å². The van der Waals surface area contributed by atoms with Crippen LogP contribution in [-0.2, 0) is 16.1 Å². The smallest absolute Gasteiger partial charge is 0.309 e. The zero-order valence-electron chi connectivity index (χ0n) is 9.14. The summed E-state index contributed by atoms with van der Waals surface area (Å²) in [5, 5.41) is 4.17. The number of methoxy groups -OCH3 is 1. The first-order valence-corrected chi connectivity index (χ1v) is 5.02. The molecule has 0 radical (unpaired) electrons. The van der Waals surface area contributed by atoms with Crippen LogP contribution in [0, 0.1) is 0 Å². The molecule has 1 rings (SSSR count). The van der Waals surface area contributed by atoms with Gasteiger partial charge in [0.1, 0.15) is 0 Å². The minimum atomic E-state index is -0.229. The first-order valence-electron chi connectivity index (χ1n) is 5.02.